The molecule has 4 nitrogen and oxygen atoms in total. The molecule has 0 spiro atoms. The summed E-state index contributed by atoms with van der Waals surface area (Å²) in [6.45, 7) is 0. The zero-order chi connectivity index (χ0) is 13.4. The van der Waals surface area contributed by atoms with Crippen LogP contribution in [0.3, 0.4) is 0 Å². The van der Waals surface area contributed by atoms with Gasteiger partial charge in [0, 0.05) is 27.4 Å². The first-order chi connectivity index (χ1) is 9.20. The summed E-state index contributed by atoms with van der Waals surface area (Å²) in [6, 6.07) is 13.0. The van der Waals surface area contributed by atoms with Gasteiger partial charge in [-0.05, 0) is 24.3 Å². The average molecular weight is 253 g/mol. The van der Waals surface area contributed by atoms with Crippen LogP contribution in [0.5, 0.6) is 0 Å². The van der Waals surface area contributed by atoms with Crippen LogP contribution >= 0.6 is 0 Å². The number of H-pyrrole nitrogens is 1. The molecule has 94 valence electrons. The van der Waals surface area contributed by atoms with Crippen LogP contribution in [0.15, 0.2) is 42.5 Å². The fourth-order valence-corrected chi connectivity index (χ4v) is 2.20. The molecule has 1 aromatic heterocycles. The Hall–Kier alpha value is -2.62. The molecule has 0 fully saturated rings. The van der Waals surface area contributed by atoms with Crippen LogP contribution in [0.2, 0.25) is 0 Å². The maximum atomic E-state index is 11.8. The predicted octanol–water partition coefficient (Wildman–Crippen LogP) is 2.68. The number of Topliss-reactive ketones (excluding diaryl/α,β-unsaturated/α-hetero) is 1. The minimum absolute atomic E-state index is 0.337. The third-order valence-corrected chi connectivity index (χ3v) is 3.14. The van der Waals surface area contributed by atoms with Crippen molar-refractivity contribution in [3.8, 4) is 0 Å². The third-order valence-electron chi connectivity index (χ3n) is 3.14. The van der Waals surface area contributed by atoms with E-state index in [1.54, 1.807) is 18.2 Å². The quantitative estimate of drug-likeness (QED) is 0.434. The zero-order valence-electron chi connectivity index (χ0n) is 10.3. The predicted molar refractivity (Wildman–Crippen MR) is 72.2 cm³/mol. The second-order valence-corrected chi connectivity index (χ2v) is 4.25. The molecule has 1 heterocycles. The topological polar surface area (TPSA) is 59.2 Å². The Kier molecular flexibility index (Phi) is 2.56. The number of hydrogen-bond acceptors (Lipinski definition) is 3. The van der Waals surface area contributed by atoms with Crippen LogP contribution < -0.4 is 0 Å². The average Bonchev–Trinajstić information content (AvgIpc) is 2.83. The summed E-state index contributed by atoms with van der Waals surface area (Å²) in [5.41, 5.74) is 2.27. The van der Waals surface area contributed by atoms with Gasteiger partial charge in [-0.25, -0.2) is 4.79 Å². The Morgan fingerprint density at radius 1 is 1.00 bits per heavy atom. The molecule has 0 saturated heterocycles. The minimum atomic E-state index is -0.848. The number of aromatic nitrogens is 1. The standard InChI is InChI=1S/C15H11NO3/c1-19-15(18)14(17)9-6-7-13-11(8-9)10-4-2-3-5-12(10)16-13/h2-8,16H,1H3. The van der Waals surface area contributed by atoms with Crippen molar-refractivity contribution in [3.63, 3.8) is 0 Å². The van der Waals surface area contributed by atoms with Crippen molar-refractivity contribution < 1.29 is 14.3 Å². The highest BCUT2D eigenvalue weighted by Crippen LogP contribution is 2.26. The Bertz CT molecular complexity index is 801. The molecule has 1 N–H and O–H groups in total. The Balaban J connectivity index is 2.22. The van der Waals surface area contributed by atoms with Gasteiger partial charge in [0.15, 0.2) is 0 Å². The zero-order valence-corrected chi connectivity index (χ0v) is 10.3. The summed E-state index contributed by atoms with van der Waals surface area (Å²) >= 11 is 0. The lowest BCUT2D eigenvalue weighted by Crippen LogP contribution is -2.15. The lowest BCUT2D eigenvalue weighted by atomic mass is 10.1. The van der Waals surface area contributed by atoms with E-state index < -0.39 is 11.8 Å². The van der Waals surface area contributed by atoms with Crippen LogP contribution in [-0.4, -0.2) is 23.8 Å². The van der Waals surface area contributed by atoms with Crippen molar-refractivity contribution in [2.24, 2.45) is 0 Å². The number of rotatable bonds is 2. The van der Waals surface area contributed by atoms with E-state index in [-0.39, 0.29) is 0 Å². The monoisotopic (exact) mass is 253 g/mol. The molecule has 3 rings (SSSR count). The van der Waals surface area contributed by atoms with Crippen molar-refractivity contribution in [1.82, 2.24) is 4.98 Å². The van der Waals surface area contributed by atoms with Gasteiger partial charge in [0.2, 0.25) is 0 Å². The number of carbonyl (C=O) groups is 2. The molecule has 0 aliphatic carbocycles. The van der Waals surface area contributed by atoms with Crippen molar-refractivity contribution in [3.05, 3.63) is 48.0 Å². The largest absolute Gasteiger partial charge is 0.463 e. The Morgan fingerprint density at radius 2 is 1.74 bits per heavy atom. The number of nitrogens with one attached hydrogen (secondary N) is 1. The van der Waals surface area contributed by atoms with E-state index in [0.717, 1.165) is 21.8 Å². The molecule has 0 radical (unpaired) electrons. The lowest BCUT2D eigenvalue weighted by Gasteiger charge is -1.99. The molecule has 4 heteroatoms. The van der Waals surface area contributed by atoms with Gasteiger partial charge in [-0.2, -0.15) is 0 Å². The number of carbonyl (C=O) groups excluding carboxylic acids is 2. The van der Waals surface area contributed by atoms with E-state index in [4.69, 9.17) is 0 Å². The molecular formula is C15H11NO3. The number of hydrogen-bond donors (Lipinski definition) is 1. The van der Waals surface area contributed by atoms with Gasteiger partial charge in [0.05, 0.1) is 7.11 Å². The highest BCUT2D eigenvalue weighted by molar-refractivity contribution is 6.41. The Labute approximate surface area is 109 Å². The van der Waals surface area contributed by atoms with Gasteiger partial charge in [-0.1, -0.05) is 18.2 Å². The number of methoxy groups -OCH3 is 1. The van der Waals surface area contributed by atoms with Gasteiger partial charge < -0.3 is 9.72 Å². The highest BCUT2D eigenvalue weighted by atomic mass is 16.5. The van der Waals surface area contributed by atoms with Crippen LogP contribution in [0.25, 0.3) is 21.8 Å². The first-order valence-electron chi connectivity index (χ1n) is 5.84. The van der Waals surface area contributed by atoms with Crippen LogP contribution in [-0.2, 0) is 9.53 Å². The molecule has 3 aromatic rings. The third kappa shape index (κ3) is 1.78. The number of aromatic amines is 1. The van der Waals surface area contributed by atoms with Gasteiger partial charge in [-0.15, -0.1) is 0 Å². The van der Waals surface area contributed by atoms with E-state index in [2.05, 4.69) is 9.72 Å². The smallest absolute Gasteiger partial charge is 0.379 e. The van der Waals surface area contributed by atoms with Gasteiger partial charge in [0.1, 0.15) is 0 Å². The van der Waals surface area contributed by atoms with E-state index in [0.29, 0.717) is 5.56 Å². The SMILES string of the molecule is COC(=O)C(=O)c1ccc2[nH]c3ccccc3c2c1. The molecule has 2 aromatic carbocycles. The number of ketones is 1. The molecule has 0 bridgehead atoms. The normalized spacial score (nSPS) is 10.8. The van der Waals surface area contributed by atoms with Crippen molar-refractivity contribution >= 4 is 33.6 Å². The van der Waals surface area contributed by atoms with Crippen molar-refractivity contribution in [1.29, 1.82) is 0 Å². The number of benzene rings is 2. The molecule has 0 aliphatic rings. The number of para-hydroxylation sites is 1. The van der Waals surface area contributed by atoms with Crippen molar-refractivity contribution in [2.45, 2.75) is 0 Å². The summed E-state index contributed by atoms with van der Waals surface area (Å²) in [5, 5.41) is 1.95. The molecule has 0 saturated carbocycles. The highest BCUT2D eigenvalue weighted by Gasteiger charge is 2.17. The summed E-state index contributed by atoms with van der Waals surface area (Å²) < 4.78 is 4.45. The fraction of sp³-hybridized carbons (Fsp3) is 0.0667. The van der Waals surface area contributed by atoms with E-state index >= 15 is 0 Å². The summed E-state index contributed by atoms with van der Waals surface area (Å²) in [5.74, 6) is -1.48. The molecular weight excluding hydrogens is 242 g/mol. The lowest BCUT2D eigenvalue weighted by molar-refractivity contribution is -0.135. The van der Waals surface area contributed by atoms with E-state index in [1.165, 1.54) is 7.11 Å². The first-order valence-corrected chi connectivity index (χ1v) is 5.84. The second kappa shape index (κ2) is 4.24. The van der Waals surface area contributed by atoms with Crippen LogP contribution in [0, 0.1) is 0 Å². The van der Waals surface area contributed by atoms with Crippen molar-refractivity contribution in [2.75, 3.05) is 7.11 Å². The minimum Gasteiger partial charge on any atom is -0.463 e. The molecule has 19 heavy (non-hydrogen) atoms. The molecule has 0 unspecified atom stereocenters. The Morgan fingerprint density at radius 3 is 2.53 bits per heavy atom. The maximum absolute atomic E-state index is 11.8. The number of ether oxygens (including phenoxy) is 1. The summed E-state index contributed by atoms with van der Waals surface area (Å²) in [6.07, 6.45) is 0. The summed E-state index contributed by atoms with van der Waals surface area (Å²) in [4.78, 5) is 26.3. The number of fused-ring (bicyclic) bond motifs is 3. The fourth-order valence-electron chi connectivity index (χ4n) is 2.20. The molecule has 0 atom stereocenters. The second-order valence-electron chi connectivity index (χ2n) is 4.25. The van der Waals surface area contributed by atoms with Gasteiger partial charge >= 0.3 is 5.97 Å². The first kappa shape index (κ1) is 11.5. The van der Waals surface area contributed by atoms with Gasteiger partial charge in [-0.3, -0.25) is 4.79 Å². The maximum Gasteiger partial charge on any atom is 0.379 e. The molecule has 0 amide bonds. The molecule has 0 aliphatic heterocycles. The van der Waals surface area contributed by atoms with E-state index in [1.807, 2.05) is 24.3 Å². The summed E-state index contributed by atoms with van der Waals surface area (Å²) in [7, 11) is 1.20. The number of esters is 1. The van der Waals surface area contributed by atoms with Crippen LogP contribution in [0.4, 0.5) is 0 Å². The van der Waals surface area contributed by atoms with Crippen LogP contribution in [0.1, 0.15) is 10.4 Å². The van der Waals surface area contributed by atoms with E-state index in [9.17, 15) is 9.59 Å². The van der Waals surface area contributed by atoms with Gasteiger partial charge in [0.25, 0.3) is 5.78 Å².